The maximum Gasteiger partial charge on any atom is 0.404 e. The molecule has 1 aromatic heterocycles. The van der Waals surface area contributed by atoms with E-state index in [0.717, 1.165) is 31.4 Å². The van der Waals surface area contributed by atoms with Gasteiger partial charge in [-0.25, -0.2) is 9.78 Å². The summed E-state index contributed by atoms with van der Waals surface area (Å²) in [6.45, 7) is 4.70. The fourth-order valence-electron chi connectivity index (χ4n) is 1.84. The Morgan fingerprint density at radius 3 is 2.82 bits per heavy atom. The molecule has 96 valence electrons. The predicted octanol–water partition coefficient (Wildman–Crippen LogP) is 2.27. The molecule has 0 fully saturated rings. The van der Waals surface area contributed by atoms with Crippen molar-refractivity contribution in [3.8, 4) is 0 Å². The Morgan fingerprint density at radius 2 is 2.24 bits per heavy atom. The smallest absolute Gasteiger partial charge is 0.404 e. The van der Waals surface area contributed by atoms with Crippen LogP contribution in [0.4, 0.5) is 4.79 Å². The van der Waals surface area contributed by atoms with Crippen molar-refractivity contribution in [2.24, 2.45) is 5.73 Å². The second-order valence-electron chi connectivity index (χ2n) is 4.05. The van der Waals surface area contributed by atoms with Gasteiger partial charge in [0.25, 0.3) is 0 Å². The van der Waals surface area contributed by atoms with Crippen molar-refractivity contribution in [1.82, 2.24) is 9.55 Å². The SMILES string of the molecule is CCC(CC)n1cnc(CCCOC(N)=O)c1. The Hall–Kier alpha value is -1.52. The number of rotatable bonds is 7. The highest BCUT2D eigenvalue weighted by Crippen LogP contribution is 2.15. The van der Waals surface area contributed by atoms with Crippen LogP contribution in [0.5, 0.6) is 0 Å². The van der Waals surface area contributed by atoms with Gasteiger partial charge in [-0.1, -0.05) is 13.8 Å². The lowest BCUT2D eigenvalue weighted by molar-refractivity contribution is 0.155. The minimum absolute atomic E-state index is 0.354. The Morgan fingerprint density at radius 1 is 1.53 bits per heavy atom. The van der Waals surface area contributed by atoms with Crippen molar-refractivity contribution < 1.29 is 9.53 Å². The van der Waals surface area contributed by atoms with E-state index >= 15 is 0 Å². The highest BCUT2D eigenvalue weighted by Gasteiger charge is 2.07. The highest BCUT2D eigenvalue weighted by atomic mass is 16.5. The van der Waals surface area contributed by atoms with Crippen LogP contribution in [0.2, 0.25) is 0 Å². The number of imidazole rings is 1. The first-order valence-corrected chi connectivity index (χ1v) is 6.11. The van der Waals surface area contributed by atoms with Gasteiger partial charge >= 0.3 is 6.09 Å². The van der Waals surface area contributed by atoms with Crippen molar-refractivity contribution in [3.63, 3.8) is 0 Å². The van der Waals surface area contributed by atoms with Crippen LogP contribution < -0.4 is 5.73 Å². The molecule has 0 unspecified atom stereocenters. The van der Waals surface area contributed by atoms with Crippen LogP contribution in [0.15, 0.2) is 12.5 Å². The number of carbonyl (C=O) groups is 1. The molecule has 1 aromatic rings. The molecule has 0 saturated carbocycles. The van der Waals surface area contributed by atoms with Crippen molar-refractivity contribution in [3.05, 3.63) is 18.2 Å². The fourth-order valence-corrected chi connectivity index (χ4v) is 1.84. The molecular weight excluding hydrogens is 218 g/mol. The van der Waals surface area contributed by atoms with Crippen LogP contribution in [-0.4, -0.2) is 22.3 Å². The van der Waals surface area contributed by atoms with Crippen LogP contribution in [0, 0.1) is 0 Å². The number of amides is 1. The van der Waals surface area contributed by atoms with Gasteiger partial charge in [0, 0.05) is 12.2 Å². The second-order valence-corrected chi connectivity index (χ2v) is 4.05. The molecule has 0 aliphatic rings. The lowest BCUT2D eigenvalue weighted by Crippen LogP contribution is -2.14. The van der Waals surface area contributed by atoms with E-state index in [-0.39, 0.29) is 0 Å². The minimum atomic E-state index is -0.715. The van der Waals surface area contributed by atoms with E-state index in [9.17, 15) is 4.79 Å². The third kappa shape index (κ3) is 4.46. The van der Waals surface area contributed by atoms with E-state index in [1.807, 2.05) is 6.33 Å². The van der Waals surface area contributed by atoms with Gasteiger partial charge in [0.1, 0.15) is 0 Å². The third-order valence-corrected chi connectivity index (χ3v) is 2.84. The zero-order valence-corrected chi connectivity index (χ0v) is 10.6. The highest BCUT2D eigenvalue weighted by molar-refractivity contribution is 5.64. The number of ether oxygens (including phenoxy) is 1. The maximum absolute atomic E-state index is 10.4. The number of carbonyl (C=O) groups excluding carboxylic acids is 1. The Balaban J connectivity index is 2.37. The van der Waals surface area contributed by atoms with E-state index in [1.54, 1.807) is 0 Å². The van der Waals surface area contributed by atoms with Crippen LogP contribution in [-0.2, 0) is 11.2 Å². The molecule has 0 aromatic carbocycles. The fraction of sp³-hybridized carbons (Fsp3) is 0.667. The third-order valence-electron chi connectivity index (χ3n) is 2.84. The average Bonchev–Trinajstić information content (AvgIpc) is 2.75. The summed E-state index contributed by atoms with van der Waals surface area (Å²) in [5.41, 5.74) is 5.90. The van der Waals surface area contributed by atoms with Gasteiger partial charge in [-0.05, 0) is 25.7 Å². The van der Waals surface area contributed by atoms with Gasteiger partial charge < -0.3 is 15.0 Å². The van der Waals surface area contributed by atoms with Gasteiger partial charge in [-0.15, -0.1) is 0 Å². The molecule has 5 nitrogen and oxygen atoms in total. The van der Waals surface area contributed by atoms with Gasteiger partial charge in [-0.3, -0.25) is 0 Å². The molecule has 0 atom stereocenters. The molecule has 1 amide bonds. The second kappa shape index (κ2) is 6.93. The quantitative estimate of drug-likeness (QED) is 0.742. The number of hydrogen-bond donors (Lipinski definition) is 1. The number of nitrogens with two attached hydrogens (primary N) is 1. The van der Waals surface area contributed by atoms with Gasteiger partial charge in [0.2, 0.25) is 0 Å². The van der Waals surface area contributed by atoms with Gasteiger partial charge in [-0.2, -0.15) is 0 Å². The molecule has 0 aliphatic heterocycles. The summed E-state index contributed by atoms with van der Waals surface area (Å²) >= 11 is 0. The summed E-state index contributed by atoms with van der Waals surface area (Å²) in [6.07, 6.45) is 7.01. The molecule has 0 aliphatic carbocycles. The summed E-state index contributed by atoms with van der Waals surface area (Å²) in [4.78, 5) is 14.7. The van der Waals surface area contributed by atoms with Crippen LogP contribution in [0.1, 0.15) is 44.8 Å². The van der Waals surface area contributed by atoms with Gasteiger partial charge in [0.15, 0.2) is 0 Å². The zero-order valence-electron chi connectivity index (χ0n) is 10.6. The summed E-state index contributed by atoms with van der Waals surface area (Å²) in [5.74, 6) is 0. The van der Waals surface area contributed by atoms with Crippen LogP contribution in [0.3, 0.4) is 0 Å². The average molecular weight is 239 g/mol. The molecule has 5 heteroatoms. The van der Waals surface area contributed by atoms with E-state index in [2.05, 4.69) is 34.3 Å². The van der Waals surface area contributed by atoms with Crippen molar-refractivity contribution >= 4 is 6.09 Å². The lowest BCUT2D eigenvalue weighted by atomic mass is 10.2. The molecule has 1 rings (SSSR count). The first-order valence-electron chi connectivity index (χ1n) is 6.11. The lowest BCUT2D eigenvalue weighted by Gasteiger charge is -2.13. The molecule has 0 spiro atoms. The standard InChI is InChI=1S/C12H21N3O2/c1-3-11(4-2)15-8-10(14-9-15)6-5-7-17-12(13)16/h8-9,11H,3-7H2,1-2H3,(H2,13,16). The first kappa shape index (κ1) is 13.5. The summed E-state index contributed by atoms with van der Waals surface area (Å²) in [6, 6.07) is 0.526. The Labute approximate surface area is 102 Å². The number of aryl methyl sites for hydroxylation is 1. The number of primary amides is 1. The van der Waals surface area contributed by atoms with E-state index in [4.69, 9.17) is 5.73 Å². The van der Waals surface area contributed by atoms with Crippen molar-refractivity contribution in [1.29, 1.82) is 0 Å². The molecule has 0 bridgehead atoms. The molecule has 0 radical (unpaired) electrons. The number of hydrogen-bond acceptors (Lipinski definition) is 3. The van der Waals surface area contributed by atoms with E-state index < -0.39 is 6.09 Å². The van der Waals surface area contributed by atoms with Crippen LogP contribution >= 0.6 is 0 Å². The summed E-state index contributed by atoms with van der Waals surface area (Å²) in [5, 5.41) is 0. The molecule has 17 heavy (non-hydrogen) atoms. The zero-order chi connectivity index (χ0) is 12.7. The monoisotopic (exact) mass is 239 g/mol. The topological polar surface area (TPSA) is 70.1 Å². The van der Waals surface area contributed by atoms with E-state index in [0.29, 0.717) is 12.6 Å². The molecule has 2 N–H and O–H groups in total. The van der Waals surface area contributed by atoms with Crippen molar-refractivity contribution in [2.75, 3.05) is 6.61 Å². The van der Waals surface area contributed by atoms with Gasteiger partial charge in [0.05, 0.1) is 18.6 Å². The molecule has 0 saturated heterocycles. The predicted molar refractivity (Wildman–Crippen MR) is 65.7 cm³/mol. The Kier molecular flexibility index (Phi) is 5.52. The maximum atomic E-state index is 10.4. The van der Waals surface area contributed by atoms with Crippen molar-refractivity contribution in [2.45, 2.75) is 45.6 Å². The summed E-state index contributed by atoms with van der Waals surface area (Å²) < 4.78 is 6.82. The number of nitrogens with zero attached hydrogens (tertiary/aromatic N) is 2. The first-order chi connectivity index (χ1) is 8.17. The van der Waals surface area contributed by atoms with Crippen LogP contribution in [0.25, 0.3) is 0 Å². The largest absolute Gasteiger partial charge is 0.450 e. The molecular formula is C12H21N3O2. The minimum Gasteiger partial charge on any atom is -0.450 e. The normalized spacial score (nSPS) is 10.8. The Bertz CT molecular complexity index is 345. The molecule has 1 heterocycles. The number of aromatic nitrogens is 2. The van der Waals surface area contributed by atoms with E-state index in [1.165, 1.54) is 0 Å². The summed E-state index contributed by atoms with van der Waals surface area (Å²) in [7, 11) is 0.